The molecule has 0 aliphatic carbocycles. The molecule has 55 heavy (non-hydrogen) atoms. The monoisotopic (exact) mass is 751 g/mol. The number of imide groups is 1. The molecule has 0 saturated heterocycles. The first-order chi connectivity index (χ1) is 26.4. The van der Waals surface area contributed by atoms with Crippen molar-refractivity contribution in [1.82, 2.24) is 35.5 Å². The Bertz CT molecular complexity index is 2120. The fraction of sp³-hybridized carbons (Fsp3) is 0.297. The highest BCUT2D eigenvalue weighted by Gasteiger charge is 2.22. The number of unbranched alkanes of at least 4 members (excludes halogenated alkanes) is 2. The molecule has 1 atom stereocenters. The lowest BCUT2D eigenvalue weighted by atomic mass is 10.1. The molecule has 0 bridgehead atoms. The van der Waals surface area contributed by atoms with E-state index in [4.69, 9.17) is 11.5 Å². The van der Waals surface area contributed by atoms with Crippen molar-refractivity contribution in [3.8, 4) is 0 Å². The second-order valence-corrected chi connectivity index (χ2v) is 12.8. The van der Waals surface area contributed by atoms with E-state index in [1.807, 2.05) is 6.92 Å². The Hall–Kier alpha value is -6.98. The third kappa shape index (κ3) is 10.8. The zero-order valence-corrected chi connectivity index (χ0v) is 30.0. The SMILES string of the molecule is C[C@H](CCCNC(=O)c1cc(NC(=O)CCCCCN2C(=O)C=CC2=O)ccc1C(=O)O)NC(=O)c1ccc(NCc2cnc3nc(N)nc(N)c3n2)cc1. The van der Waals surface area contributed by atoms with Crippen LogP contribution in [0.15, 0.2) is 60.8 Å². The molecule has 1 aliphatic rings. The van der Waals surface area contributed by atoms with E-state index in [1.54, 1.807) is 30.5 Å². The van der Waals surface area contributed by atoms with Crippen molar-refractivity contribution in [3.63, 3.8) is 0 Å². The Kier molecular flexibility index (Phi) is 13.0. The molecule has 5 amide bonds. The number of nitrogens with two attached hydrogens (primary N) is 2. The summed E-state index contributed by atoms with van der Waals surface area (Å²) in [7, 11) is 0. The number of hydrogen-bond donors (Lipinski definition) is 7. The van der Waals surface area contributed by atoms with Crippen LogP contribution in [-0.2, 0) is 20.9 Å². The van der Waals surface area contributed by atoms with E-state index in [9.17, 15) is 33.9 Å². The molecule has 2 aromatic carbocycles. The summed E-state index contributed by atoms with van der Waals surface area (Å²) in [5.41, 5.74) is 13.9. The fourth-order valence-electron chi connectivity index (χ4n) is 5.69. The summed E-state index contributed by atoms with van der Waals surface area (Å²) < 4.78 is 0. The summed E-state index contributed by atoms with van der Waals surface area (Å²) in [6.07, 6.45) is 6.87. The number of aromatic carboxylic acids is 1. The maximum absolute atomic E-state index is 13.0. The summed E-state index contributed by atoms with van der Waals surface area (Å²) in [5.74, 6) is -3.03. The largest absolute Gasteiger partial charge is 0.478 e. The zero-order valence-electron chi connectivity index (χ0n) is 30.0. The van der Waals surface area contributed by atoms with E-state index in [0.717, 1.165) is 10.6 Å². The summed E-state index contributed by atoms with van der Waals surface area (Å²) in [4.78, 5) is 91.2. The van der Waals surface area contributed by atoms with Crippen LogP contribution in [0.25, 0.3) is 11.2 Å². The van der Waals surface area contributed by atoms with Crippen LogP contribution in [0.2, 0.25) is 0 Å². The van der Waals surface area contributed by atoms with Gasteiger partial charge in [0.15, 0.2) is 17.0 Å². The van der Waals surface area contributed by atoms with Crippen molar-refractivity contribution in [2.45, 2.75) is 58.0 Å². The van der Waals surface area contributed by atoms with E-state index < -0.39 is 11.9 Å². The van der Waals surface area contributed by atoms with Crippen LogP contribution in [0.3, 0.4) is 0 Å². The van der Waals surface area contributed by atoms with Crippen molar-refractivity contribution in [3.05, 3.63) is 83.2 Å². The first-order valence-corrected chi connectivity index (χ1v) is 17.6. The maximum atomic E-state index is 13.0. The number of carboxylic acid groups (broad SMARTS) is 1. The van der Waals surface area contributed by atoms with Crippen LogP contribution in [0.5, 0.6) is 0 Å². The number of nitrogens with one attached hydrogen (secondary N) is 4. The van der Waals surface area contributed by atoms with Gasteiger partial charge in [0.05, 0.1) is 29.6 Å². The number of carbonyl (C=O) groups excluding carboxylic acids is 5. The van der Waals surface area contributed by atoms with Crippen LogP contribution in [0.4, 0.5) is 23.1 Å². The van der Waals surface area contributed by atoms with Gasteiger partial charge in [-0.25, -0.2) is 14.8 Å². The van der Waals surface area contributed by atoms with Gasteiger partial charge in [0, 0.05) is 54.6 Å². The second-order valence-electron chi connectivity index (χ2n) is 12.8. The molecule has 0 radical (unpaired) electrons. The molecular weight excluding hydrogens is 710 g/mol. The Balaban J connectivity index is 1.02. The van der Waals surface area contributed by atoms with Crippen molar-refractivity contribution in [2.75, 3.05) is 35.2 Å². The summed E-state index contributed by atoms with van der Waals surface area (Å²) in [6, 6.07) is 10.7. The number of anilines is 4. The first kappa shape index (κ1) is 39.2. The van der Waals surface area contributed by atoms with E-state index >= 15 is 0 Å². The van der Waals surface area contributed by atoms with Gasteiger partial charge in [-0.15, -0.1) is 0 Å². The number of carboxylic acids is 1. The van der Waals surface area contributed by atoms with Gasteiger partial charge in [0.2, 0.25) is 11.9 Å². The molecular formula is C37H41N11O7. The van der Waals surface area contributed by atoms with Crippen molar-refractivity contribution in [2.24, 2.45) is 0 Å². The smallest absolute Gasteiger partial charge is 0.336 e. The number of amides is 5. The molecule has 0 saturated carbocycles. The van der Waals surface area contributed by atoms with E-state index in [-0.39, 0.29) is 77.8 Å². The molecule has 9 N–H and O–H groups in total. The number of rotatable bonds is 18. The molecule has 3 heterocycles. The Morgan fingerprint density at radius 2 is 1.58 bits per heavy atom. The lowest BCUT2D eigenvalue weighted by Gasteiger charge is -2.15. The fourth-order valence-corrected chi connectivity index (χ4v) is 5.69. The molecule has 2 aromatic heterocycles. The Morgan fingerprint density at radius 3 is 2.31 bits per heavy atom. The molecule has 4 aromatic rings. The number of hydrogen-bond acceptors (Lipinski definition) is 13. The van der Waals surface area contributed by atoms with Gasteiger partial charge in [-0.05, 0) is 75.1 Å². The Labute approximate surface area is 315 Å². The second kappa shape index (κ2) is 18.2. The first-order valence-electron chi connectivity index (χ1n) is 17.6. The lowest BCUT2D eigenvalue weighted by molar-refractivity contribution is -0.136. The maximum Gasteiger partial charge on any atom is 0.336 e. The van der Waals surface area contributed by atoms with Gasteiger partial charge >= 0.3 is 5.97 Å². The average Bonchev–Trinajstić information content (AvgIpc) is 3.48. The highest BCUT2D eigenvalue weighted by atomic mass is 16.4. The number of nitrogens with zero attached hydrogens (tertiary/aromatic N) is 5. The molecule has 0 spiro atoms. The topological polar surface area (TPSA) is 278 Å². The summed E-state index contributed by atoms with van der Waals surface area (Å²) in [6.45, 7) is 2.67. The van der Waals surface area contributed by atoms with Crippen LogP contribution in [-0.4, -0.2) is 84.6 Å². The van der Waals surface area contributed by atoms with Crippen LogP contribution in [0, 0.1) is 0 Å². The minimum Gasteiger partial charge on any atom is -0.478 e. The molecule has 5 rings (SSSR count). The quantitative estimate of drug-likeness (QED) is 0.0569. The number of benzene rings is 2. The molecule has 0 fully saturated rings. The molecule has 286 valence electrons. The molecule has 18 nitrogen and oxygen atoms in total. The predicted octanol–water partition coefficient (Wildman–Crippen LogP) is 2.65. The third-order valence-electron chi connectivity index (χ3n) is 8.56. The average molecular weight is 752 g/mol. The Morgan fingerprint density at radius 1 is 0.855 bits per heavy atom. The van der Waals surface area contributed by atoms with E-state index in [0.29, 0.717) is 61.1 Å². The van der Waals surface area contributed by atoms with Crippen LogP contribution < -0.4 is 32.7 Å². The lowest BCUT2D eigenvalue weighted by Crippen LogP contribution is -2.33. The molecule has 0 unspecified atom stereocenters. The van der Waals surface area contributed by atoms with Gasteiger partial charge in [0.25, 0.3) is 23.6 Å². The summed E-state index contributed by atoms with van der Waals surface area (Å²) >= 11 is 0. The minimum absolute atomic E-state index is 0.0174. The van der Waals surface area contributed by atoms with Gasteiger partial charge in [-0.1, -0.05) is 6.42 Å². The number of aromatic nitrogens is 4. The van der Waals surface area contributed by atoms with Crippen LogP contribution >= 0.6 is 0 Å². The van der Waals surface area contributed by atoms with E-state index in [2.05, 4.69) is 41.2 Å². The minimum atomic E-state index is -1.29. The third-order valence-corrected chi connectivity index (χ3v) is 8.56. The van der Waals surface area contributed by atoms with Crippen molar-refractivity contribution >= 4 is 69.8 Å². The van der Waals surface area contributed by atoms with E-state index in [1.165, 1.54) is 30.4 Å². The van der Waals surface area contributed by atoms with Gasteiger partial charge in [-0.3, -0.25) is 28.9 Å². The highest BCUT2D eigenvalue weighted by Crippen LogP contribution is 2.19. The summed E-state index contributed by atoms with van der Waals surface area (Å²) in [5, 5.41) is 21.2. The van der Waals surface area contributed by atoms with Crippen molar-refractivity contribution < 1.29 is 33.9 Å². The zero-order chi connectivity index (χ0) is 39.5. The van der Waals surface area contributed by atoms with Gasteiger partial charge < -0.3 is 37.8 Å². The number of fused-ring (bicyclic) bond motifs is 1. The van der Waals surface area contributed by atoms with Crippen molar-refractivity contribution in [1.29, 1.82) is 0 Å². The molecule has 18 heteroatoms. The van der Waals surface area contributed by atoms with Gasteiger partial charge in [0.1, 0.15) is 0 Å². The standard InChI is InChI=1S/C37H41N11O7/c1-21(43-34(52)22-8-10-23(11-9-22)41-19-25-20-42-33-31(45-25)32(38)46-37(39)47-33)6-5-16-40-35(53)27-18-24(12-13-26(27)36(54)55)44-28(49)7-3-2-4-17-48-29(50)14-15-30(48)51/h8-15,18,20-21,41H,2-7,16-17,19H2,1H3,(H,40,53)(H,43,52)(H,44,49)(H,54,55)(H4,38,39,42,46,47)/t21-/m1/s1. The predicted molar refractivity (Wildman–Crippen MR) is 203 cm³/mol. The number of nitrogen functional groups attached to an aromatic ring is 2. The molecule has 1 aliphatic heterocycles. The van der Waals surface area contributed by atoms with Gasteiger partial charge in [-0.2, -0.15) is 9.97 Å². The normalized spacial score (nSPS) is 12.8. The number of carbonyl (C=O) groups is 6. The van der Waals surface area contributed by atoms with Crippen LogP contribution in [0.1, 0.15) is 82.2 Å². The highest BCUT2D eigenvalue weighted by molar-refractivity contribution is 6.12.